The minimum atomic E-state index is -0.912. The highest BCUT2D eigenvalue weighted by atomic mass is 16.5. The molecule has 2 heteroatoms. The summed E-state index contributed by atoms with van der Waals surface area (Å²) < 4.78 is 5.91. The van der Waals surface area contributed by atoms with Crippen molar-refractivity contribution in [3.63, 3.8) is 0 Å². The van der Waals surface area contributed by atoms with Gasteiger partial charge in [0, 0.05) is 0 Å². The summed E-state index contributed by atoms with van der Waals surface area (Å²) in [6.07, 6.45) is 0. The Kier molecular flexibility index (Phi) is 3.87. The molecule has 0 aromatic heterocycles. The molecule has 106 valence electrons. The maximum absolute atomic E-state index is 10.1. The van der Waals surface area contributed by atoms with Crippen LogP contribution in [0, 0.1) is 0 Å². The van der Waals surface area contributed by atoms with Gasteiger partial charge in [0.1, 0.15) is 11.4 Å². The summed E-state index contributed by atoms with van der Waals surface area (Å²) in [4.78, 5) is 0. The van der Waals surface area contributed by atoms with Crippen LogP contribution < -0.4 is 4.74 Å². The number of hydrogen-bond donors (Lipinski definition) is 1. The average Bonchev–Trinajstić information content (AvgIpc) is 2.39. The third kappa shape index (κ3) is 3.20. The van der Waals surface area contributed by atoms with Gasteiger partial charge in [-0.15, -0.1) is 0 Å². The quantitative estimate of drug-likeness (QED) is 0.898. The van der Waals surface area contributed by atoms with Crippen molar-refractivity contribution in [1.82, 2.24) is 0 Å². The molecule has 0 fully saturated rings. The van der Waals surface area contributed by atoms with Crippen molar-refractivity contribution < 1.29 is 9.84 Å². The van der Waals surface area contributed by atoms with Gasteiger partial charge in [0.25, 0.3) is 0 Å². The molecule has 0 saturated heterocycles. The van der Waals surface area contributed by atoms with Crippen LogP contribution in [-0.2, 0) is 0 Å². The van der Waals surface area contributed by atoms with Crippen molar-refractivity contribution in [3.05, 3.63) is 54.6 Å². The zero-order chi connectivity index (χ0) is 14.8. The van der Waals surface area contributed by atoms with Crippen LogP contribution in [0.5, 0.6) is 5.75 Å². The molecule has 20 heavy (non-hydrogen) atoms. The molecule has 0 atom stereocenters. The molecular formula is C18H22O2. The highest BCUT2D eigenvalue weighted by Crippen LogP contribution is 2.29. The van der Waals surface area contributed by atoms with Crippen LogP contribution in [0.25, 0.3) is 11.1 Å². The Hall–Kier alpha value is -1.80. The third-order valence-corrected chi connectivity index (χ3v) is 3.81. The Labute approximate surface area is 121 Å². The Bertz CT molecular complexity index is 548. The Balaban J connectivity index is 2.18. The fourth-order valence-corrected chi connectivity index (χ4v) is 1.77. The molecule has 1 N–H and O–H groups in total. The summed E-state index contributed by atoms with van der Waals surface area (Å²) in [5.41, 5.74) is 0.770. The minimum Gasteiger partial charge on any atom is -0.485 e. The van der Waals surface area contributed by atoms with Gasteiger partial charge in [-0.25, -0.2) is 0 Å². The van der Waals surface area contributed by atoms with E-state index in [1.54, 1.807) is 13.8 Å². The zero-order valence-electron chi connectivity index (χ0n) is 12.6. The lowest BCUT2D eigenvalue weighted by atomic mass is 9.89. The van der Waals surface area contributed by atoms with E-state index in [4.69, 9.17) is 4.74 Å². The molecule has 2 aromatic carbocycles. The molecule has 0 aliphatic heterocycles. The number of ether oxygens (including phenoxy) is 1. The summed E-state index contributed by atoms with van der Waals surface area (Å²) in [7, 11) is 0. The van der Waals surface area contributed by atoms with E-state index < -0.39 is 11.2 Å². The fourth-order valence-electron chi connectivity index (χ4n) is 1.77. The highest BCUT2D eigenvalue weighted by molar-refractivity contribution is 5.63. The molecule has 0 amide bonds. The second-order valence-corrected chi connectivity index (χ2v) is 6.06. The SMILES string of the molecule is CC(C)(O)C(C)(C)Oc1ccc(-c2ccccc2)cc1. The van der Waals surface area contributed by atoms with Gasteiger partial charge in [-0.1, -0.05) is 42.5 Å². The topological polar surface area (TPSA) is 29.5 Å². The molecule has 0 heterocycles. The maximum atomic E-state index is 10.1. The van der Waals surface area contributed by atoms with E-state index in [0.29, 0.717) is 0 Å². The van der Waals surface area contributed by atoms with Crippen LogP contribution in [0.15, 0.2) is 54.6 Å². The lowest BCUT2D eigenvalue weighted by Crippen LogP contribution is -2.49. The molecule has 2 aromatic rings. The van der Waals surface area contributed by atoms with Crippen molar-refractivity contribution in [3.8, 4) is 16.9 Å². The van der Waals surface area contributed by atoms with Crippen molar-refractivity contribution in [2.24, 2.45) is 0 Å². The van der Waals surface area contributed by atoms with Crippen LogP contribution in [-0.4, -0.2) is 16.3 Å². The van der Waals surface area contributed by atoms with Crippen molar-refractivity contribution in [1.29, 1.82) is 0 Å². The van der Waals surface area contributed by atoms with E-state index in [2.05, 4.69) is 12.1 Å². The van der Waals surface area contributed by atoms with Crippen molar-refractivity contribution in [2.45, 2.75) is 38.9 Å². The molecule has 0 bridgehead atoms. The summed E-state index contributed by atoms with van der Waals surface area (Å²) in [5.74, 6) is 0.761. The predicted molar refractivity (Wildman–Crippen MR) is 82.9 cm³/mol. The summed E-state index contributed by atoms with van der Waals surface area (Å²) in [6, 6.07) is 18.2. The van der Waals surface area contributed by atoms with Gasteiger partial charge >= 0.3 is 0 Å². The van der Waals surface area contributed by atoms with Crippen LogP contribution in [0.3, 0.4) is 0 Å². The van der Waals surface area contributed by atoms with Crippen LogP contribution >= 0.6 is 0 Å². The normalized spacial score (nSPS) is 12.2. The largest absolute Gasteiger partial charge is 0.485 e. The second-order valence-electron chi connectivity index (χ2n) is 6.06. The second kappa shape index (κ2) is 5.29. The van der Waals surface area contributed by atoms with E-state index >= 15 is 0 Å². The molecular weight excluding hydrogens is 248 g/mol. The van der Waals surface area contributed by atoms with Crippen molar-refractivity contribution >= 4 is 0 Å². The summed E-state index contributed by atoms with van der Waals surface area (Å²) in [6.45, 7) is 7.28. The fraction of sp³-hybridized carbons (Fsp3) is 0.333. The molecule has 2 nitrogen and oxygen atoms in total. The first kappa shape index (κ1) is 14.6. The number of benzene rings is 2. The Morgan fingerprint density at radius 3 is 1.75 bits per heavy atom. The van der Waals surface area contributed by atoms with E-state index in [0.717, 1.165) is 11.3 Å². The van der Waals surface area contributed by atoms with E-state index in [1.165, 1.54) is 5.56 Å². The lowest BCUT2D eigenvalue weighted by Gasteiger charge is -2.37. The molecule has 0 aliphatic carbocycles. The zero-order valence-corrected chi connectivity index (χ0v) is 12.6. The molecule has 0 spiro atoms. The van der Waals surface area contributed by atoms with Crippen molar-refractivity contribution in [2.75, 3.05) is 0 Å². The van der Waals surface area contributed by atoms with Gasteiger partial charge in [0.15, 0.2) is 0 Å². The number of rotatable bonds is 4. The molecule has 0 saturated carbocycles. The first-order valence-electron chi connectivity index (χ1n) is 6.86. The minimum absolute atomic E-state index is 0.652. The third-order valence-electron chi connectivity index (χ3n) is 3.81. The predicted octanol–water partition coefficient (Wildman–Crippen LogP) is 4.28. The van der Waals surface area contributed by atoms with E-state index in [9.17, 15) is 5.11 Å². The van der Waals surface area contributed by atoms with Gasteiger partial charge in [-0.2, -0.15) is 0 Å². The maximum Gasteiger partial charge on any atom is 0.131 e. The first-order chi connectivity index (χ1) is 9.29. The molecule has 0 radical (unpaired) electrons. The van der Waals surface area contributed by atoms with Gasteiger partial charge in [-0.05, 0) is 51.0 Å². The van der Waals surface area contributed by atoms with E-state index in [1.807, 2.05) is 56.3 Å². The average molecular weight is 270 g/mol. The van der Waals surface area contributed by atoms with Gasteiger partial charge in [0.05, 0.1) is 5.60 Å². The van der Waals surface area contributed by atoms with Crippen LogP contribution in [0.2, 0.25) is 0 Å². The summed E-state index contributed by atoms with van der Waals surface area (Å²) in [5, 5.41) is 10.1. The summed E-state index contributed by atoms with van der Waals surface area (Å²) >= 11 is 0. The monoisotopic (exact) mass is 270 g/mol. The molecule has 0 aliphatic rings. The van der Waals surface area contributed by atoms with Crippen LogP contribution in [0.1, 0.15) is 27.7 Å². The molecule has 2 rings (SSSR count). The van der Waals surface area contributed by atoms with Gasteiger partial charge in [0.2, 0.25) is 0 Å². The highest BCUT2D eigenvalue weighted by Gasteiger charge is 2.37. The van der Waals surface area contributed by atoms with Crippen LogP contribution in [0.4, 0.5) is 0 Å². The Morgan fingerprint density at radius 1 is 0.750 bits per heavy atom. The van der Waals surface area contributed by atoms with Gasteiger partial charge < -0.3 is 9.84 Å². The lowest BCUT2D eigenvalue weighted by molar-refractivity contribution is -0.0906. The smallest absolute Gasteiger partial charge is 0.131 e. The molecule has 0 unspecified atom stereocenters. The van der Waals surface area contributed by atoms with E-state index in [-0.39, 0.29) is 0 Å². The number of hydrogen-bond acceptors (Lipinski definition) is 2. The number of aliphatic hydroxyl groups is 1. The first-order valence-corrected chi connectivity index (χ1v) is 6.86. The van der Waals surface area contributed by atoms with Gasteiger partial charge in [-0.3, -0.25) is 0 Å². The standard InChI is InChI=1S/C18H22O2/c1-17(2,19)18(3,4)20-16-12-10-15(11-13-16)14-8-6-5-7-9-14/h5-13,19H,1-4H3. The Morgan fingerprint density at radius 2 is 1.25 bits per heavy atom.